The molecule has 0 aliphatic carbocycles. The maximum absolute atomic E-state index is 12.1. The van der Waals surface area contributed by atoms with Gasteiger partial charge in [0.15, 0.2) is 0 Å². The Morgan fingerprint density at radius 3 is 2.62 bits per heavy atom. The third-order valence-corrected chi connectivity index (χ3v) is 4.60. The van der Waals surface area contributed by atoms with E-state index in [4.69, 9.17) is 16.4 Å². The van der Waals surface area contributed by atoms with Crippen molar-refractivity contribution in [2.24, 2.45) is 5.16 Å². The molecule has 0 aliphatic rings. The number of hydrogen-bond donors (Lipinski definition) is 0. The first kappa shape index (κ1) is 16.4. The molecule has 0 N–H and O–H groups in total. The number of halogens is 1. The summed E-state index contributed by atoms with van der Waals surface area (Å²) in [7, 11) is 0. The standard InChI is InChI=1S/C18H13ClN2O2S/c1-12(15-4-2-3-11-20-15)21-23-18(22)17-10-9-16(24-17)13-5-7-14(19)8-6-13/h2-11H,1H3. The van der Waals surface area contributed by atoms with Crippen molar-refractivity contribution >= 4 is 34.6 Å². The van der Waals surface area contributed by atoms with Crippen molar-refractivity contribution in [2.45, 2.75) is 6.92 Å². The second-order valence-corrected chi connectivity index (χ2v) is 6.46. The number of oxime groups is 1. The molecule has 0 atom stereocenters. The molecule has 0 saturated heterocycles. The summed E-state index contributed by atoms with van der Waals surface area (Å²) in [6.07, 6.45) is 1.66. The van der Waals surface area contributed by atoms with Crippen molar-refractivity contribution in [1.82, 2.24) is 4.98 Å². The molecule has 120 valence electrons. The lowest BCUT2D eigenvalue weighted by molar-refractivity contribution is 0.0522. The van der Waals surface area contributed by atoms with Gasteiger partial charge in [0.2, 0.25) is 0 Å². The molecule has 0 bridgehead atoms. The number of thiophene rings is 1. The molecule has 3 aromatic rings. The molecule has 0 spiro atoms. The van der Waals surface area contributed by atoms with Crippen LogP contribution in [0.25, 0.3) is 10.4 Å². The van der Waals surface area contributed by atoms with E-state index in [1.807, 2.05) is 42.5 Å². The van der Waals surface area contributed by atoms with Gasteiger partial charge in [-0.25, -0.2) is 4.79 Å². The summed E-state index contributed by atoms with van der Waals surface area (Å²) in [5.74, 6) is -0.490. The van der Waals surface area contributed by atoms with Crippen molar-refractivity contribution in [3.8, 4) is 10.4 Å². The van der Waals surface area contributed by atoms with E-state index in [9.17, 15) is 4.79 Å². The molecule has 24 heavy (non-hydrogen) atoms. The quantitative estimate of drug-likeness (QED) is 0.373. The number of rotatable bonds is 4. The summed E-state index contributed by atoms with van der Waals surface area (Å²) in [5.41, 5.74) is 2.20. The van der Waals surface area contributed by atoms with E-state index in [1.54, 1.807) is 25.3 Å². The number of pyridine rings is 1. The fourth-order valence-corrected chi connectivity index (χ4v) is 3.00. The summed E-state index contributed by atoms with van der Waals surface area (Å²) in [6, 6.07) is 16.5. The zero-order valence-corrected chi connectivity index (χ0v) is 14.3. The summed E-state index contributed by atoms with van der Waals surface area (Å²) >= 11 is 7.23. The highest BCUT2D eigenvalue weighted by atomic mass is 35.5. The Morgan fingerprint density at radius 2 is 1.92 bits per heavy atom. The fourth-order valence-electron chi connectivity index (χ4n) is 2.00. The number of carbonyl (C=O) groups is 1. The van der Waals surface area contributed by atoms with Crippen LogP contribution in [0.5, 0.6) is 0 Å². The largest absolute Gasteiger partial charge is 0.375 e. The molecule has 0 amide bonds. The molecular weight excluding hydrogens is 344 g/mol. The monoisotopic (exact) mass is 356 g/mol. The number of benzene rings is 1. The Hall–Kier alpha value is -2.50. The van der Waals surface area contributed by atoms with E-state index in [-0.39, 0.29) is 0 Å². The van der Waals surface area contributed by atoms with Gasteiger partial charge in [-0.05, 0) is 48.9 Å². The Balaban J connectivity index is 1.71. The van der Waals surface area contributed by atoms with Gasteiger partial charge in [0.05, 0.1) is 5.69 Å². The molecule has 3 rings (SSSR count). The average molecular weight is 357 g/mol. The van der Waals surface area contributed by atoms with Crippen molar-refractivity contribution in [2.75, 3.05) is 0 Å². The number of nitrogens with zero attached hydrogens (tertiary/aromatic N) is 2. The average Bonchev–Trinajstić information content (AvgIpc) is 3.11. The molecule has 4 nitrogen and oxygen atoms in total. The summed E-state index contributed by atoms with van der Waals surface area (Å²) in [4.78, 5) is 22.7. The highest BCUT2D eigenvalue weighted by Crippen LogP contribution is 2.29. The van der Waals surface area contributed by atoms with E-state index < -0.39 is 5.97 Å². The molecule has 1 aromatic carbocycles. The SMILES string of the molecule is CC(=NOC(=O)c1ccc(-c2ccc(Cl)cc2)s1)c1ccccn1. The second kappa shape index (κ2) is 7.38. The molecule has 0 unspecified atom stereocenters. The van der Waals surface area contributed by atoms with Gasteiger partial charge in [-0.15, -0.1) is 11.3 Å². The highest BCUT2D eigenvalue weighted by molar-refractivity contribution is 7.17. The zero-order chi connectivity index (χ0) is 16.9. The summed E-state index contributed by atoms with van der Waals surface area (Å²) in [6.45, 7) is 1.74. The first-order chi connectivity index (χ1) is 11.6. The van der Waals surface area contributed by atoms with Gasteiger partial charge < -0.3 is 4.84 Å². The molecule has 0 fully saturated rings. The molecular formula is C18H13ClN2O2S. The van der Waals surface area contributed by atoms with E-state index in [0.717, 1.165) is 10.4 Å². The Labute approximate surface area is 148 Å². The van der Waals surface area contributed by atoms with E-state index in [0.29, 0.717) is 21.3 Å². The molecule has 0 aliphatic heterocycles. The first-order valence-corrected chi connectivity index (χ1v) is 8.36. The van der Waals surface area contributed by atoms with Crippen LogP contribution in [0.15, 0.2) is 65.9 Å². The zero-order valence-electron chi connectivity index (χ0n) is 12.8. The molecule has 6 heteroatoms. The fraction of sp³-hybridized carbons (Fsp3) is 0.0556. The van der Waals surface area contributed by atoms with Crippen LogP contribution in [0.1, 0.15) is 22.3 Å². The maximum atomic E-state index is 12.1. The summed E-state index contributed by atoms with van der Waals surface area (Å²) < 4.78 is 0. The minimum atomic E-state index is -0.490. The van der Waals surface area contributed by atoms with Gasteiger partial charge in [0, 0.05) is 16.1 Å². The van der Waals surface area contributed by atoms with Gasteiger partial charge >= 0.3 is 5.97 Å². The lowest BCUT2D eigenvalue weighted by Crippen LogP contribution is -2.03. The minimum absolute atomic E-state index is 0.484. The summed E-state index contributed by atoms with van der Waals surface area (Å²) in [5, 5.41) is 4.53. The van der Waals surface area contributed by atoms with Crippen LogP contribution in [-0.4, -0.2) is 16.7 Å². The van der Waals surface area contributed by atoms with Crippen LogP contribution in [0, 0.1) is 0 Å². The normalized spacial score (nSPS) is 11.3. The molecule has 2 aromatic heterocycles. The van der Waals surface area contributed by atoms with Crippen LogP contribution in [0.4, 0.5) is 0 Å². The minimum Gasteiger partial charge on any atom is -0.312 e. The van der Waals surface area contributed by atoms with Crippen LogP contribution >= 0.6 is 22.9 Å². The molecule has 0 saturated carbocycles. The van der Waals surface area contributed by atoms with Gasteiger partial charge in [-0.2, -0.15) is 0 Å². The highest BCUT2D eigenvalue weighted by Gasteiger charge is 2.12. The lowest BCUT2D eigenvalue weighted by atomic mass is 10.2. The number of hydrogen-bond acceptors (Lipinski definition) is 5. The lowest BCUT2D eigenvalue weighted by Gasteiger charge is -1.99. The van der Waals surface area contributed by atoms with Gasteiger partial charge in [-0.3, -0.25) is 4.98 Å². The van der Waals surface area contributed by atoms with Gasteiger partial charge in [-0.1, -0.05) is 35.0 Å². The molecule has 0 radical (unpaired) electrons. The predicted octanol–water partition coefficient (Wildman–Crippen LogP) is 5.04. The van der Waals surface area contributed by atoms with Crippen LogP contribution in [-0.2, 0) is 4.84 Å². The number of carbonyl (C=O) groups excluding carboxylic acids is 1. The van der Waals surface area contributed by atoms with Crippen molar-refractivity contribution < 1.29 is 9.63 Å². The topological polar surface area (TPSA) is 51.5 Å². The van der Waals surface area contributed by atoms with Crippen molar-refractivity contribution in [1.29, 1.82) is 0 Å². The van der Waals surface area contributed by atoms with E-state index in [1.165, 1.54) is 11.3 Å². The maximum Gasteiger partial charge on any atom is 0.375 e. The number of aromatic nitrogens is 1. The third kappa shape index (κ3) is 3.88. The van der Waals surface area contributed by atoms with Gasteiger partial charge in [0.25, 0.3) is 0 Å². The first-order valence-electron chi connectivity index (χ1n) is 7.16. The molecule has 2 heterocycles. The van der Waals surface area contributed by atoms with Gasteiger partial charge in [0.1, 0.15) is 10.6 Å². The van der Waals surface area contributed by atoms with Crippen LogP contribution in [0.2, 0.25) is 5.02 Å². The third-order valence-electron chi connectivity index (χ3n) is 3.24. The Bertz CT molecular complexity index is 874. The van der Waals surface area contributed by atoms with Crippen molar-refractivity contribution in [3.05, 3.63) is 76.4 Å². The van der Waals surface area contributed by atoms with Crippen molar-refractivity contribution in [3.63, 3.8) is 0 Å². The Kier molecular flexibility index (Phi) is 5.03. The predicted molar refractivity (Wildman–Crippen MR) is 96.6 cm³/mol. The smallest absolute Gasteiger partial charge is 0.312 e. The van der Waals surface area contributed by atoms with E-state index >= 15 is 0 Å². The van der Waals surface area contributed by atoms with Crippen LogP contribution < -0.4 is 0 Å². The van der Waals surface area contributed by atoms with E-state index in [2.05, 4.69) is 10.1 Å². The Morgan fingerprint density at radius 1 is 1.12 bits per heavy atom. The van der Waals surface area contributed by atoms with Crippen LogP contribution in [0.3, 0.4) is 0 Å². The second-order valence-electron chi connectivity index (χ2n) is 4.94.